The van der Waals surface area contributed by atoms with Gasteiger partial charge in [0.05, 0.1) is 17.9 Å². The predicted molar refractivity (Wildman–Crippen MR) is 75.9 cm³/mol. The number of anilines is 1. The summed E-state index contributed by atoms with van der Waals surface area (Å²) >= 11 is 0. The van der Waals surface area contributed by atoms with Crippen molar-refractivity contribution in [1.82, 2.24) is 9.88 Å². The van der Waals surface area contributed by atoms with Crippen LogP contribution in [0, 0.1) is 6.92 Å². The largest absolute Gasteiger partial charge is 0.377 e. The fraction of sp³-hybridized carbons (Fsp3) is 0.308. The standard InChI is InChI=1S/C13H17N3O3S/c1-3-15-20(17,18)13-7-5-4-6-12(13)14-9-11-8-10(2)16-19-11/h4-8,14-15H,3,9H2,1-2H3. The van der Waals surface area contributed by atoms with Gasteiger partial charge in [-0.05, 0) is 19.1 Å². The molecule has 1 aromatic carbocycles. The van der Waals surface area contributed by atoms with E-state index in [0.29, 0.717) is 24.5 Å². The molecule has 108 valence electrons. The molecule has 1 heterocycles. The summed E-state index contributed by atoms with van der Waals surface area (Å²) in [6.07, 6.45) is 0. The van der Waals surface area contributed by atoms with Gasteiger partial charge in [0.15, 0.2) is 5.76 Å². The van der Waals surface area contributed by atoms with Crippen LogP contribution >= 0.6 is 0 Å². The molecule has 0 radical (unpaired) electrons. The van der Waals surface area contributed by atoms with Crippen LogP contribution in [-0.2, 0) is 16.6 Å². The number of para-hydroxylation sites is 1. The summed E-state index contributed by atoms with van der Waals surface area (Å²) in [7, 11) is -3.50. The lowest BCUT2D eigenvalue weighted by Crippen LogP contribution is -2.24. The summed E-state index contributed by atoms with van der Waals surface area (Å²) in [6.45, 7) is 4.29. The average molecular weight is 295 g/mol. The molecule has 0 fully saturated rings. The Morgan fingerprint density at radius 3 is 2.70 bits per heavy atom. The van der Waals surface area contributed by atoms with E-state index in [1.165, 1.54) is 0 Å². The van der Waals surface area contributed by atoms with E-state index >= 15 is 0 Å². The van der Waals surface area contributed by atoms with Crippen molar-refractivity contribution >= 4 is 15.7 Å². The summed E-state index contributed by atoms with van der Waals surface area (Å²) in [4.78, 5) is 0.220. The molecule has 6 nitrogen and oxygen atoms in total. The number of nitrogens with zero attached hydrogens (tertiary/aromatic N) is 1. The molecular weight excluding hydrogens is 278 g/mol. The van der Waals surface area contributed by atoms with Crippen LogP contribution < -0.4 is 10.0 Å². The summed E-state index contributed by atoms with van der Waals surface area (Å²) in [6, 6.07) is 8.54. The highest BCUT2D eigenvalue weighted by Crippen LogP contribution is 2.21. The van der Waals surface area contributed by atoms with Crippen molar-refractivity contribution in [2.75, 3.05) is 11.9 Å². The van der Waals surface area contributed by atoms with Gasteiger partial charge in [-0.1, -0.05) is 24.2 Å². The lowest BCUT2D eigenvalue weighted by Gasteiger charge is -2.11. The van der Waals surface area contributed by atoms with E-state index in [4.69, 9.17) is 4.52 Å². The smallest absolute Gasteiger partial charge is 0.242 e. The third kappa shape index (κ3) is 3.37. The number of hydrogen-bond donors (Lipinski definition) is 2. The van der Waals surface area contributed by atoms with E-state index in [-0.39, 0.29) is 4.90 Å². The predicted octanol–water partition coefficient (Wildman–Crippen LogP) is 1.89. The molecule has 2 rings (SSSR count). The Kier molecular flexibility index (Phi) is 4.41. The topological polar surface area (TPSA) is 84.2 Å². The number of sulfonamides is 1. The molecule has 0 aliphatic heterocycles. The van der Waals surface area contributed by atoms with Crippen molar-refractivity contribution in [3.63, 3.8) is 0 Å². The molecule has 0 aliphatic rings. The van der Waals surface area contributed by atoms with Crippen LogP contribution in [0.5, 0.6) is 0 Å². The minimum absolute atomic E-state index is 0.220. The summed E-state index contributed by atoms with van der Waals surface area (Å²) in [5.41, 5.74) is 1.32. The van der Waals surface area contributed by atoms with Gasteiger partial charge in [0, 0.05) is 12.6 Å². The van der Waals surface area contributed by atoms with Gasteiger partial charge in [-0.15, -0.1) is 0 Å². The Morgan fingerprint density at radius 1 is 1.30 bits per heavy atom. The Bertz CT molecular complexity index is 680. The molecule has 2 aromatic rings. The highest BCUT2D eigenvalue weighted by Gasteiger charge is 2.17. The summed E-state index contributed by atoms with van der Waals surface area (Å²) in [5.74, 6) is 0.651. The maximum absolute atomic E-state index is 12.1. The zero-order chi connectivity index (χ0) is 14.6. The summed E-state index contributed by atoms with van der Waals surface area (Å²) in [5, 5.41) is 6.84. The van der Waals surface area contributed by atoms with Crippen LogP contribution in [-0.4, -0.2) is 20.1 Å². The van der Waals surface area contributed by atoms with Crippen molar-refractivity contribution in [3.8, 4) is 0 Å². The van der Waals surface area contributed by atoms with Gasteiger partial charge in [0.25, 0.3) is 0 Å². The van der Waals surface area contributed by atoms with Crippen LogP contribution in [0.1, 0.15) is 18.4 Å². The van der Waals surface area contributed by atoms with Crippen molar-refractivity contribution in [1.29, 1.82) is 0 Å². The Labute approximate surface area is 118 Å². The minimum atomic E-state index is -3.50. The van der Waals surface area contributed by atoms with E-state index in [1.54, 1.807) is 37.3 Å². The molecule has 0 bridgehead atoms. The van der Waals surface area contributed by atoms with Crippen LogP contribution in [0.2, 0.25) is 0 Å². The zero-order valence-electron chi connectivity index (χ0n) is 11.4. The Hall–Kier alpha value is -1.86. The lowest BCUT2D eigenvalue weighted by atomic mass is 10.3. The molecular formula is C13H17N3O3S. The van der Waals surface area contributed by atoms with Gasteiger partial charge in [-0.2, -0.15) is 0 Å². The van der Waals surface area contributed by atoms with Gasteiger partial charge >= 0.3 is 0 Å². The van der Waals surface area contributed by atoms with E-state index in [2.05, 4.69) is 15.2 Å². The zero-order valence-corrected chi connectivity index (χ0v) is 12.2. The van der Waals surface area contributed by atoms with Crippen molar-refractivity contribution in [3.05, 3.63) is 41.8 Å². The van der Waals surface area contributed by atoms with E-state index < -0.39 is 10.0 Å². The maximum Gasteiger partial charge on any atom is 0.242 e. The second-order valence-corrected chi connectivity index (χ2v) is 6.02. The van der Waals surface area contributed by atoms with E-state index in [1.807, 2.05) is 6.92 Å². The minimum Gasteiger partial charge on any atom is -0.377 e. The SMILES string of the molecule is CCNS(=O)(=O)c1ccccc1NCc1cc(C)no1. The van der Waals surface area contributed by atoms with Gasteiger partial charge in [-0.25, -0.2) is 13.1 Å². The number of aromatic nitrogens is 1. The Morgan fingerprint density at radius 2 is 2.05 bits per heavy atom. The lowest BCUT2D eigenvalue weighted by molar-refractivity contribution is 0.384. The van der Waals surface area contributed by atoms with Gasteiger partial charge in [-0.3, -0.25) is 0 Å². The number of aryl methyl sites for hydroxylation is 1. The highest BCUT2D eigenvalue weighted by molar-refractivity contribution is 7.89. The fourth-order valence-corrected chi connectivity index (χ4v) is 3.02. The molecule has 7 heteroatoms. The second-order valence-electron chi connectivity index (χ2n) is 4.29. The van der Waals surface area contributed by atoms with Crippen molar-refractivity contribution in [2.45, 2.75) is 25.3 Å². The van der Waals surface area contributed by atoms with Crippen LogP contribution in [0.3, 0.4) is 0 Å². The normalized spacial score (nSPS) is 11.5. The second kappa shape index (κ2) is 6.06. The van der Waals surface area contributed by atoms with E-state index in [0.717, 1.165) is 5.69 Å². The first-order chi connectivity index (χ1) is 9.53. The first-order valence-corrected chi connectivity index (χ1v) is 7.76. The van der Waals surface area contributed by atoms with Gasteiger partial charge in [0.1, 0.15) is 4.90 Å². The molecule has 0 unspecified atom stereocenters. The van der Waals surface area contributed by atoms with E-state index in [9.17, 15) is 8.42 Å². The molecule has 0 saturated carbocycles. The monoisotopic (exact) mass is 295 g/mol. The molecule has 1 aromatic heterocycles. The molecule has 0 amide bonds. The molecule has 20 heavy (non-hydrogen) atoms. The number of nitrogens with one attached hydrogen (secondary N) is 2. The molecule has 0 spiro atoms. The van der Waals surface area contributed by atoms with Crippen LogP contribution in [0.25, 0.3) is 0 Å². The fourth-order valence-electron chi connectivity index (χ4n) is 1.80. The molecule has 0 atom stereocenters. The molecule has 0 aliphatic carbocycles. The quantitative estimate of drug-likeness (QED) is 0.850. The molecule has 2 N–H and O–H groups in total. The maximum atomic E-state index is 12.1. The average Bonchev–Trinajstić information content (AvgIpc) is 2.82. The third-order valence-corrected chi connectivity index (χ3v) is 4.24. The molecule has 0 saturated heterocycles. The first-order valence-electron chi connectivity index (χ1n) is 6.27. The van der Waals surface area contributed by atoms with Gasteiger partial charge in [0.2, 0.25) is 10.0 Å². The van der Waals surface area contributed by atoms with Gasteiger partial charge < -0.3 is 9.84 Å². The Balaban J connectivity index is 2.20. The van der Waals surface area contributed by atoms with Crippen molar-refractivity contribution in [2.24, 2.45) is 0 Å². The number of rotatable bonds is 6. The number of hydrogen-bond acceptors (Lipinski definition) is 5. The third-order valence-electron chi connectivity index (χ3n) is 2.64. The highest BCUT2D eigenvalue weighted by atomic mass is 32.2. The summed E-state index contributed by atoms with van der Waals surface area (Å²) < 4.78 is 31.7. The first kappa shape index (κ1) is 14.5. The van der Waals surface area contributed by atoms with Crippen LogP contribution in [0.4, 0.5) is 5.69 Å². The van der Waals surface area contributed by atoms with Crippen molar-refractivity contribution < 1.29 is 12.9 Å². The number of benzene rings is 1. The van der Waals surface area contributed by atoms with Crippen LogP contribution in [0.15, 0.2) is 39.8 Å².